The fraction of sp³-hybridized carbons (Fsp3) is 0.236. The fourth-order valence-corrected chi connectivity index (χ4v) is 7.47. The molecule has 2 heterocycles. The number of nitrogens with zero attached hydrogens (tertiary/aromatic N) is 3. The van der Waals surface area contributed by atoms with Gasteiger partial charge in [-0.15, -0.1) is 0 Å². The van der Waals surface area contributed by atoms with Crippen LogP contribution in [0.3, 0.4) is 0 Å². The number of rotatable bonds is 6. The lowest BCUT2D eigenvalue weighted by Crippen LogP contribution is -2.17. The molecule has 0 saturated carbocycles. The number of imidazole rings is 1. The van der Waals surface area contributed by atoms with Crippen molar-refractivity contribution in [1.82, 2.24) is 14.5 Å². The lowest BCUT2D eigenvalue weighted by atomic mass is 9.79. The minimum atomic E-state index is -4.12. The summed E-state index contributed by atoms with van der Waals surface area (Å²) < 4.78 is 158. The molecule has 0 unspecified atom stereocenters. The Kier molecular flexibility index (Phi) is 5.88. The Hall–Kier alpha value is -6.26. The molecule has 4 nitrogen and oxygen atoms in total. The molecule has 0 atom stereocenters. The van der Waals surface area contributed by atoms with Crippen molar-refractivity contribution in [2.24, 2.45) is 0 Å². The van der Waals surface area contributed by atoms with Gasteiger partial charge in [0.2, 0.25) is 0 Å². The smallest absolute Gasteiger partial charge is 0.149 e. The Morgan fingerprint density at radius 1 is 0.542 bits per heavy atom. The first-order valence-corrected chi connectivity index (χ1v) is 19.2. The third-order valence-electron chi connectivity index (χ3n) is 10.7. The summed E-state index contributed by atoms with van der Waals surface area (Å²) >= 11 is 0. The number of para-hydroxylation sites is 2. The summed E-state index contributed by atoms with van der Waals surface area (Å²) in [6.45, 7) is -16.3. The van der Waals surface area contributed by atoms with E-state index in [0.717, 1.165) is 33.9 Å². The molecule has 6 aromatic carbocycles. The molecule has 1 N–H and O–H groups in total. The molecule has 0 aliphatic rings. The molecule has 0 radical (unpaired) electrons. The number of fused-ring (bicyclic) bond motifs is 1. The van der Waals surface area contributed by atoms with Crippen molar-refractivity contribution in [2.45, 2.75) is 85.1 Å². The molecule has 4 heteroatoms. The highest BCUT2D eigenvalue weighted by Gasteiger charge is 2.29. The summed E-state index contributed by atoms with van der Waals surface area (Å²) in [6, 6.07) is 40.0. The summed E-state index contributed by atoms with van der Waals surface area (Å²) in [5.74, 6) is -1.75. The number of phenolic OH excluding ortho intramolecular Hbond substituents is 1. The van der Waals surface area contributed by atoms with Crippen LogP contribution in [-0.2, 0) is 16.2 Å². The highest BCUT2D eigenvalue weighted by molar-refractivity contribution is 5.98. The molecular weight excluding hydrogens is 719 g/mol. The van der Waals surface area contributed by atoms with Gasteiger partial charge in [-0.25, -0.2) is 4.98 Å². The van der Waals surface area contributed by atoms with Gasteiger partial charge in [0, 0.05) is 53.1 Å². The van der Waals surface area contributed by atoms with Gasteiger partial charge in [-0.2, -0.15) is 0 Å². The van der Waals surface area contributed by atoms with Crippen LogP contribution < -0.4 is 0 Å². The van der Waals surface area contributed by atoms with Gasteiger partial charge in [-0.3, -0.25) is 9.55 Å². The maximum Gasteiger partial charge on any atom is 0.149 e. The van der Waals surface area contributed by atoms with E-state index < -0.39 is 85.6 Å². The van der Waals surface area contributed by atoms with E-state index in [1.165, 1.54) is 4.57 Å². The van der Waals surface area contributed by atoms with Gasteiger partial charge < -0.3 is 5.11 Å². The van der Waals surface area contributed by atoms with E-state index in [0.29, 0.717) is 39.7 Å². The van der Waals surface area contributed by atoms with E-state index in [1.54, 1.807) is 66.9 Å². The van der Waals surface area contributed by atoms with Gasteiger partial charge in [0.25, 0.3) is 0 Å². The summed E-state index contributed by atoms with van der Waals surface area (Å²) in [5.41, 5.74) is -3.67. The topological polar surface area (TPSA) is 50.9 Å². The van der Waals surface area contributed by atoms with Crippen LogP contribution in [0.4, 0.5) is 0 Å². The molecule has 0 saturated heterocycles. The normalized spacial score (nSPS) is 18.1. The maximum absolute atomic E-state index is 12.9. The number of benzene rings is 6. The molecule has 0 fully saturated rings. The Bertz CT molecular complexity index is 3430. The van der Waals surface area contributed by atoms with Crippen LogP contribution in [0.2, 0.25) is 0 Å². The van der Waals surface area contributed by atoms with E-state index in [1.807, 2.05) is 94.4 Å². The van der Waals surface area contributed by atoms with Crippen molar-refractivity contribution in [3.8, 4) is 67.5 Å². The Labute approximate surface area is 375 Å². The molecule has 2 aromatic heterocycles. The molecule has 0 bridgehead atoms. The molecule has 0 spiro atoms. The number of phenols is 1. The van der Waals surface area contributed by atoms with Gasteiger partial charge in [0.15, 0.2) is 0 Å². The Morgan fingerprint density at radius 2 is 1.22 bits per heavy atom. The first-order valence-electron chi connectivity index (χ1n) is 28.2. The van der Waals surface area contributed by atoms with Gasteiger partial charge >= 0.3 is 0 Å². The number of aromatic hydroxyl groups is 1. The van der Waals surface area contributed by atoms with Gasteiger partial charge in [-0.1, -0.05) is 165 Å². The van der Waals surface area contributed by atoms with Gasteiger partial charge in [0.1, 0.15) is 11.6 Å². The van der Waals surface area contributed by atoms with E-state index in [9.17, 15) is 5.11 Å². The second-order valence-corrected chi connectivity index (χ2v) is 16.1. The molecule has 296 valence electrons. The third kappa shape index (κ3) is 7.72. The first kappa shape index (κ1) is 23.4. The predicted octanol–water partition coefficient (Wildman–Crippen LogP) is 14.7. The summed E-state index contributed by atoms with van der Waals surface area (Å²) in [7, 11) is 0. The summed E-state index contributed by atoms with van der Waals surface area (Å²) in [4.78, 5) is 9.94. The number of hydrogen-bond donors (Lipinski definition) is 1. The SMILES string of the molecule is [2H]C([2H])([2H])C(c1cc(-c2nc3c(-c4cc(-c5cc(-c6ccc(C)cc6)ccn5)cc(C(C)(C)C)c4)cccc3n2-c2ccccc2-c2ccccc2)c(O)c(C(C([2H])([2H])[2H])(C([2H])([2H])[2H])C([2H])([2H])[2H])c1)(C([2H])([2H])[2H])C([2H])([2H])[2H]. The van der Waals surface area contributed by atoms with Crippen molar-refractivity contribution >= 4 is 11.0 Å². The van der Waals surface area contributed by atoms with E-state index in [4.69, 9.17) is 34.6 Å². The highest BCUT2D eigenvalue weighted by atomic mass is 16.3. The van der Waals surface area contributed by atoms with Crippen molar-refractivity contribution in [3.05, 3.63) is 168 Å². The quantitative estimate of drug-likeness (QED) is 0.182. The van der Waals surface area contributed by atoms with Crippen LogP contribution in [0.1, 0.15) is 109 Å². The van der Waals surface area contributed by atoms with Crippen molar-refractivity contribution in [3.63, 3.8) is 0 Å². The minimum absolute atomic E-state index is 0.192. The number of aromatic nitrogens is 3. The minimum Gasteiger partial charge on any atom is -0.507 e. The largest absolute Gasteiger partial charge is 0.507 e. The second kappa shape index (κ2) is 14.8. The Balaban J connectivity index is 1.58. The molecule has 8 aromatic rings. The fourth-order valence-electron chi connectivity index (χ4n) is 7.47. The third-order valence-corrected chi connectivity index (χ3v) is 10.7. The molecule has 8 rings (SSSR count). The number of hydrogen-bond acceptors (Lipinski definition) is 3. The van der Waals surface area contributed by atoms with Crippen LogP contribution in [-0.4, -0.2) is 19.6 Å². The van der Waals surface area contributed by atoms with Crippen molar-refractivity contribution in [2.75, 3.05) is 0 Å². The zero-order chi connectivity index (χ0) is 56.9. The molecule has 0 aliphatic heterocycles. The highest BCUT2D eigenvalue weighted by Crippen LogP contribution is 2.46. The maximum atomic E-state index is 12.9. The number of aryl methyl sites for hydroxylation is 1. The monoisotopic (exact) mass is 792 g/mol. The van der Waals surface area contributed by atoms with E-state index in [2.05, 4.69) is 0 Å². The summed E-state index contributed by atoms with van der Waals surface area (Å²) in [5, 5.41) is 12.9. The Morgan fingerprint density at radius 3 is 1.95 bits per heavy atom. The van der Waals surface area contributed by atoms with Crippen molar-refractivity contribution in [1.29, 1.82) is 0 Å². The molecule has 0 aliphatic carbocycles. The van der Waals surface area contributed by atoms with Gasteiger partial charge in [-0.05, 0) is 99.0 Å². The van der Waals surface area contributed by atoms with Crippen LogP contribution in [0.15, 0.2) is 146 Å². The van der Waals surface area contributed by atoms with Crippen LogP contribution in [0.5, 0.6) is 5.75 Å². The first-order chi connectivity index (χ1) is 35.5. The van der Waals surface area contributed by atoms with Crippen LogP contribution in [0, 0.1) is 6.92 Å². The van der Waals surface area contributed by atoms with E-state index in [-0.39, 0.29) is 11.0 Å². The molecule has 0 amide bonds. The second-order valence-electron chi connectivity index (χ2n) is 16.1. The molecule has 59 heavy (non-hydrogen) atoms. The summed E-state index contributed by atoms with van der Waals surface area (Å²) in [6.07, 6.45) is 1.72. The van der Waals surface area contributed by atoms with Crippen LogP contribution >= 0.6 is 0 Å². The lowest BCUT2D eigenvalue weighted by molar-refractivity contribution is 0.446. The number of pyridine rings is 1. The molecular formula is C55H55N3O. The zero-order valence-corrected chi connectivity index (χ0v) is 33.1. The zero-order valence-electron chi connectivity index (χ0n) is 51.1. The van der Waals surface area contributed by atoms with E-state index >= 15 is 0 Å². The van der Waals surface area contributed by atoms with Crippen molar-refractivity contribution < 1.29 is 29.8 Å². The standard InChI is InChI=1S/C55H55N3O/c1-35-23-25-36(26-24-35)38-27-28-56-47(32-38)40-29-39(30-41(31-40)53(2,3)4)44-20-16-22-49-50(44)57-52(45-33-42(54(5,6)7)34-46(51(45)59)55(8,9)10)58(49)48-21-15-14-19-43(48)37-17-12-11-13-18-37/h11-34,59H,1-10H3/i5D3,6D3,7D3,8D3,9D3,10D3. The van der Waals surface area contributed by atoms with Crippen LogP contribution in [0.25, 0.3) is 72.7 Å². The average Bonchev–Trinajstić information content (AvgIpc) is 3.76. The lowest BCUT2D eigenvalue weighted by Gasteiger charge is -2.27. The average molecular weight is 792 g/mol. The van der Waals surface area contributed by atoms with Gasteiger partial charge in [0.05, 0.1) is 28.0 Å². The predicted molar refractivity (Wildman–Crippen MR) is 249 cm³/mol.